The number of alkyl halides is 6. The summed E-state index contributed by atoms with van der Waals surface area (Å²) in [5.41, 5.74) is 0. The Labute approximate surface area is 294 Å². The van der Waals surface area contributed by atoms with E-state index in [1.54, 1.807) is 0 Å². The van der Waals surface area contributed by atoms with Crippen LogP contribution in [0.2, 0.25) is 0 Å². The molecule has 0 aromatic heterocycles. The summed E-state index contributed by atoms with van der Waals surface area (Å²) < 4.78 is 88.4. The lowest BCUT2D eigenvalue weighted by Crippen LogP contribution is -2.63. The third kappa shape index (κ3) is 6.27. The molecule has 10 unspecified atom stereocenters. The van der Waals surface area contributed by atoms with Crippen molar-refractivity contribution in [3.8, 4) is 0 Å². The fourth-order valence-electron chi connectivity index (χ4n) is 14.4. The number of halogens is 6. The van der Waals surface area contributed by atoms with Crippen molar-refractivity contribution in [3.63, 3.8) is 0 Å². The molecular formula is C38H60F6N6. The second kappa shape index (κ2) is 13.6. The molecule has 3 aliphatic carbocycles. The zero-order valence-electron chi connectivity index (χ0n) is 29.7. The Morgan fingerprint density at radius 2 is 0.780 bits per heavy atom. The van der Waals surface area contributed by atoms with Crippen molar-refractivity contribution in [2.45, 2.75) is 139 Å². The summed E-state index contributed by atoms with van der Waals surface area (Å²) in [6.07, 6.45) is 2.73. The Balaban J connectivity index is 1.01. The van der Waals surface area contributed by atoms with Gasteiger partial charge >= 0.3 is 12.4 Å². The average molecular weight is 715 g/mol. The topological polar surface area (TPSA) is 37.0 Å². The Bertz CT molecular complexity index is 1070. The molecule has 6 aliphatic heterocycles. The predicted octanol–water partition coefficient (Wildman–Crippen LogP) is 6.14. The molecular weight excluding hydrogens is 654 g/mol. The Morgan fingerprint density at radius 1 is 0.440 bits per heavy atom. The molecule has 6 saturated heterocycles. The number of hydrogen-bond acceptors (Lipinski definition) is 6. The highest BCUT2D eigenvalue weighted by Crippen LogP contribution is 2.55. The van der Waals surface area contributed by atoms with Crippen LogP contribution in [0, 0.1) is 47.3 Å². The average Bonchev–Trinajstić information content (AvgIpc) is 3.78. The Morgan fingerprint density at radius 3 is 1.10 bits per heavy atom. The summed E-state index contributed by atoms with van der Waals surface area (Å²) in [4.78, 5) is 10.4. The lowest BCUT2D eigenvalue weighted by Gasteiger charge is -2.57. The maximum Gasteiger partial charge on any atom is 0.392 e. The molecule has 9 aliphatic rings. The van der Waals surface area contributed by atoms with Gasteiger partial charge in [0.05, 0.1) is 24.2 Å². The van der Waals surface area contributed by atoms with Crippen LogP contribution in [0.1, 0.15) is 89.9 Å². The van der Waals surface area contributed by atoms with Crippen molar-refractivity contribution in [2.24, 2.45) is 47.3 Å². The summed E-state index contributed by atoms with van der Waals surface area (Å²) in [5, 5.41) is 7.31. The third-order valence-electron chi connectivity index (χ3n) is 16.0. The van der Waals surface area contributed by atoms with E-state index in [1.807, 2.05) is 0 Å². The minimum atomic E-state index is -4.88. The van der Waals surface area contributed by atoms with Gasteiger partial charge in [0.15, 0.2) is 0 Å². The van der Waals surface area contributed by atoms with Crippen molar-refractivity contribution in [1.29, 1.82) is 0 Å². The van der Waals surface area contributed by atoms with E-state index < -0.39 is 48.9 Å². The summed E-state index contributed by atoms with van der Waals surface area (Å²) in [6, 6.07) is 1.85. The fourth-order valence-corrected chi connectivity index (χ4v) is 14.4. The lowest BCUT2D eigenvalue weighted by atomic mass is 9.63. The van der Waals surface area contributed by atoms with E-state index in [0.29, 0.717) is 48.8 Å². The SMILES string of the molecule is FC(F)(F)C1CC(C2NCCN2C2CC3CCCN4CCCC(C2)C34)C(C2NCCN2C2CC3CCCN4CCCC(C2)C34)CC1C(F)(F)F. The summed E-state index contributed by atoms with van der Waals surface area (Å²) in [5.74, 6) is -3.23. The van der Waals surface area contributed by atoms with Gasteiger partial charge in [-0.05, 0) is 152 Å². The monoisotopic (exact) mass is 714 g/mol. The van der Waals surface area contributed by atoms with Crippen LogP contribution in [0.15, 0.2) is 0 Å². The maximum absolute atomic E-state index is 14.7. The van der Waals surface area contributed by atoms with Crippen LogP contribution in [-0.2, 0) is 0 Å². The number of nitrogens with one attached hydrogen (secondary N) is 2. The molecule has 0 radical (unpaired) electrons. The highest BCUT2D eigenvalue weighted by Gasteiger charge is 2.62. The van der Waals surface area contributed by atoms with Crippen molar-refractivity contribution in [2.75, 3.05) is 52.4 Å². The zero-order chi connectivity index (χ0) is 34.4. The molecule has 6 heterocycles. The largest absolute Gasteiger partial charge is 0.392 e. The van der Waals surface area contributed by atoms with E-state index in [1.165, 1.54) is 77.5 Å². The standard InChI is InChI=1S/C38H60F6N6/c39-37(40,41)31-21-29(35-45-9-15-49(35)27-17-23-5-1-11-47-12-2-6-24(18-27)33(23)47)30(22-32(31)38(42,43)44)36-46-10-16-50(36)28-19-25-7-3-13-48-14-4-8-26(20-28)34(25)48/h23-36,45-46H,1-22H2. The van der Waals surface area contributed by atoms with Crippen LogP contribution in [0.3, 0.4) is 0 Å². The normalized spacial score (nSPS) is 48.4. The Kier molecular flexibility index (Phi) is 9.52. The summed E-state index contributed by atoms with van der Waals surface area (Å²) >= 11 is 0. The molecule has 2 N–H and O–H groups in total. The van der Waals surface area contributed by atoms with E-state index in [2.05, 4.69) is 30.2 Å². The Hall–Kier alpha value is -0.660. The minimum Gasteiger partial charge on any atom is -0.300 e. The van der Waals surface area contributed by atoms with Gasteiger partial charge in [0.1, 0.15) is 0 Å². The van der Waals surface area contributed by atoms with E-state index in [9.17, 15) is 26.3 Å². The highest BCUT2D eigenvalue weighted by atomic mass is 19.4. The van der Waals surface area contributed by atoms with Crippen molar-refractivity contribution in [3.05, 3.63) is 0 Å². The zero-order valence-corrected chi connectivity index (χ0v) is 29.7. The van der Waals surface area contributed by atoms with E-state index in [-0.39, 0.29) is 24.4 Å². The van der Waals surface area contributed by atoms with Crippen LogP contribution < -0.4 is 10.6 Å². The number of rotatable bonds is 4. The summed E-state index contributed by atoms with van der Waals surface area (Å²) in [7, 11) is 0. The third-order valence-corrected chi connectivity index (χ3v) is 16.0. The van der Waals surface area contributed by atoms with Gasteiger partial charge < -0.3 is 10.6 Å². The van der Waals surface area contributed by atoms with Crippen molar-refractivity contribution >= 4 is 0 Å². The van der Waals surface area contributed by atoms with E-state index >= 15 is 0 Å². The van der Waals surface area contributed by atoms with Crippen LogP contribution in [-0.4, -0.2) is 121 Å². The second-order valence-corrected chi connectivity index (χ2v) is 18.3. The van der Waals surface area contributed by atoms with Gasteiger partial charge in [0.25, 0.3) is 0 Å². The molecule has 0 amide bonds. The molecule has 0 aromatic rings. The first-order valence-corrected chi connectivity index (χ1v) is 20.6. The minimum absolute atomic E-state index is 0.285. The van der Waals surface area contributed by atoms with E-state index in [0.717, 1.165) is 38.8 Å². The van der Waals surface area contributed by atoms with Gasteiger partial charge in [0, 0.05) is 50.3 Å². The van der Waals surface area contributed by atoms with Crippen molar-refractivity contribution in [1.82, 2.24) is 30.2 Å². The summed E-state index contributed by atoms with van der Waals surface area (Å²) in [6.45, 7) is 7.68. The molecule has 50 heavy (non-hydrogen) atoms. The fraction of sp³-hybridized carbons (Fsp3) is 1.00. The van der Waals surface area contributed by atoms with Crippen LogP contribution in [0.25, 0.3) is 0 Å². The molecule has 6 nitrogen and oxygen atoms in total. The molecule has 284 valence electrons. The van der Waals surface area contributed by atoms with Gasteiger partial charge in [-0.2, -0.15) is 26.3 Å². The number of nitrogens with zero attached hydrogens (tertiary/aromatic N) is 4. The van der Waals surface area contributed by atoms with E-state index in [4.69, 9.17) is 0 Å². The molecule has 3 saturated carbocycles. The molecule has 9 fully saturated rings. The first-order valence-electron chi connectivity index (χ1n) is 20.6. The van der Waals surface area contributed by atoms with Crippen LogP contribution >= 0.6 is 0 Å². The second-order valence-electron chi connectivity index (χ2n) is 18.3. The van der Waals surface area contributed by atoms with Gasteiger partial charge in [-0.1, -0.05) is 0 Å². The smallest absolute Gasteiger partial charge is 0.300 e. The lowest BCUT2D eigenvalue weighted by molar-refractivity contribution is -0.276. The molecule has 0 spiro atoms. The molecule has 0 bridgehead atoms. The first-order chi connectivity index (χ1) is 24.0. The molecule has 9 rings (SSSR count). The number of hydrogen-bond donors (Lipinski definition) is 2. The van der Waals surface area contributed by atoms with Gasteiger partial charge in [-0.15, -0.1) is 0 Å². The predicted molar refractivity (Wildman–Crippen MR) is 180 cm³/mol. The van der Waals surface area contributed by atoms with Crippen molar-refractivity contribution < 1.29 is 26.3 Å². The molecule has 10 atom stereocenters. The maximum atomic E-state index is 14.7. The highest BCUT2D eigenvalue weighted by molar-refractivity contribution is 5.07. The molecule has 0 aromatic carbocycles. The van der Waals surface area contributed by atoms with Gasteiger partial charge in [0.2, 0.25) is 0 Å². The van der Waals surface area contributed by atoms with Crippen LogP contribution in [0.4, 0.5) is 26.3 Å². The van der Waals surface area contributed by atoms with Crippen LogP contribution in [0.5, 0.6) is 0 Å². The van der Waals surface area contributed by atoms with Gasteiger partial charge in [-0.25, -0.2) is 0 Å². The molecule has 12 heteroatoms. The first kappa shape index (κ1) is 35.1. The van der Waals surface area contributed by atoms with Gasteiger partial charge in [-0.3, -0.25) is 19.6 Å². The number of piperidine rings is 4. The quantitative estimate of drug-likeness (QED) is 0.342.